The molecular weight excluding hydrogens is 297 g/mol. The van der Waals surface area contributed by atoms with E-state index in [1.54, 1.807) is 29.4 Å². The summed E-state index contributed by atoms with van der Waals surface area (Å²) in [7, 11) is 0. The molecule has 6 nitrogen and oxygen atoms in total. The topological polar surface area (TPSA) is 68.8 Å². The minimum atomic E-state index is -0.316. The number of anilines is 1. The molecule has 0 unspecified atom stereocenters. The highest BCUT2D eigenvalue weighted by Crippen LogP contribution is 2.22. The third kappa shape index (κ3) is 3.39. The quantitative estimate of drug-likeness (QED) is 0.800. The van der Waals surface area contributed by atoms with Crippen molar-refractivity contribution in [3.63, 3.8) is 0 Å². The minimum absolute atomic E-state index is 0.203. The number of nitrogens with one attached hydrogen (secondary N) is 1. The molecule has 120 valence electrons. The van der Waals surface area contributed by atoms with E-state index in [9.17, 15) is 4.39 Å². The molecule has 7 heteroatoms. The standard InChI is InChI=1S/C16H18FN5O/c1-16(2,3)14-20-21-15(23-14)19-9-11-4-5-13(12(17)8-11)22-7-6-18-10-22/h4-8,10H,9H2,1-3H3,(H,19,21). The van der Waals surface area contributed by atoms with Crippen molar-refractivity contribution in [2.45, 2.75) is 32.7 Å². The first kappa shape index (κ1) is 15.2. The number of rotatable bonds is 4. The molecule has 0 saturated carbocycles. The Morgan fingerprint density at radius 2 is 2.09 bits per heavy atom. The van der Waals surface area contributed by atoms with E-state index in [1.165, 1.54) is 6.07 Å². The average molecular weight is 315 g/mol. The molecule has 1 aromatic carbocycles. The molecule has 2 heterocycles. The van der Waals surface area contributed by atoms with Gasteiger partial charge in [-0.2, -0.15) is 0 Å². The van der Waals surface area contributed by atoms with E-state index in [0.29, 0.717) is 24.1 Å². The molecule has 2 aromatic heterocycles. The van der Waals surface area contributed by atoms with Gasteiger partial charge in [-0.3, -0.25) is 0 Å². The molecule has 0 aliphatic carbocycles. The van der Waals surface area contributed by atoms with Crippen molar-refractivity contribution in [3.8, 4) is 5.69 Å². The van der Waals surface area contributed by atoms with Gasteiger partial charge in [0.2, 0.25) is 5.89 Å². The van der Waals surface area contributed by atoms with Crippen LogP contribution >= 0.6 is 0 Å². The van der Waals surface area contributed by atoms with Crippen molar-refractivity contribution in [3.05, 3.63) is 54.2 Å². The molecule has 0 fully saturated rings. The van der Waals surface area contributed by atoms with Gasteiger partial charge in [0.25, 0.3) is 0 Å². The Hall–Kier alpha value is -2.70. The van der Waals surface area contributed by atoms with Gasteiger partial charge in [-0.1, -0.05) is 31.9 Å². The van der Waals surface area contributed by atoms with Crippen LogP contribution in [0.4, 0.5) is 10.4 Å². The third-order valence-corrected chi connectivity index (χ3v) is 3.30. The van der Waals surface area contributed by atoms with Crippen LogP contribution < -0.4 is 5.32 Å². The fourth-order valence-electron chi connectivity index (χ4n) is 2.05. The van der Waals surface area contributed by atoms with Gasteiger partial charge in [0.05, 0.1) is 12.0 Å². The van der Waals surface area contributed by atoms with Gasteiger partial charge < -0.3 is 14.3 Å². The Bertz CT molecular complexity index is 789. The zero-order chi connectivity index (χ0) is 16.4. The summed E-state index contributed by atoms with van der Waals surface area (Å²) < 4.78 is 21.3. The molecule has 3 aromatic rings. The highest BCUT2D eigenvalue weighted by molar-refractivity contribution is 5.37. The smallest absolute Gasteiger partial charge is 0.315 e. The Morgan fingerprint density at radius 3 is 2.70 bits per heavy atom. The molecule has 3 rings (SSSR count). The second-order valence-electron chi connectivity index (χ2n) is 6.27. The van der Waals surface area contributed by atoms with E-state index in [0.717, 1.165) is 5.56 Å². The van der Waals surface area contributed by atoms with Crippen LogP contribution in [0.1, 0.15) is 32.2 Å². The lowest BCUT2D eigenvalue weighted by atomic mass is 9.97. The van der Waals surface area contributed by atoms with Crippen LogP contribution in [0.25, 0.3) is 5.69 Å². The van der Waals surface area contributed by atoms with Gasteiger partial charge in [0, 0.05) is 24.4 Å². The van der Waals surface area contributed by atoms with Gasteiger partial charge in [-0.15, -0.1) is 5.10 Å². The van der Waals surface area contributed by atoms with Crippen LogP contribution in [0.5, 0.6) is 0 Å². The highest BCUT2D eigenvalue weighted by atomic mass is 19.1. The summed E-state index contributed by atoms with van der Waals surface area (Å²) >= 11 is 0. The number of imidazole rings is 1. The van der Waals surface area contributed by atoms with Crippen molar-refractivity contribution in [2.24, 2.45) is 0 Å². The van der Waals surface area contributed by atoms with Gasteiger partial charge in [-0.05, 0) is 17.7 Å². The van der Waals surface area contributed by atoms with E-state index in [-0.39, 0.29) is 11.2 Å². The lowest BCUT2D eigenvalue weighted by molar-refractivity contribution is 0.399. The van der Waals surface area contributed by atoms with Crippen LogP contribution in [-0.2, 0) is 12.0 Å². The first-order valence-electron chi connectivity index (χ1n) is 7.28. The predicted molar refractivity (Wildman–Crippen MR) is 83.8 cm³/mol. The second-order valence-corrected chi connectivity index (χ2v) is 6.27. The maximum atomic E-state index is 14.2. The molecule has 1 N–H and O–H groups in total. The first-order chi connectivity index (χ1) is 10.9. The van der Waals surface area contributed by atoms with Crippen molar-refractivity contribution in [1.29, 1.82) is 0 Å². The SMILES string of the molecule is CC(C)(C)c1nnc(NCc2ccc(-n3ccnc3)c(F)c2)o1. The number of benzene rings is 1. The van der Waals surface area contributed by atoms with E-state index in [1.807, 2.05) is 26.8 Å². The summed E-state index contributed by atoms with van der Waals surface area (Å²) in [6, 6.07) is 5.35. The maximum absolute atomic E-state index is 14.2. The predicted octanol–water partition coefficient (Wildman–Crippen LogP) is 3.30. The summed E-state index contributed by atoms with van der Waals surface area (Å²) in [5, 5.41) is 11.0. The summed E-state index contributed by atoms with van der Waals surface area (Å²) in [5.74, 6) is 0.241. The molecule has 0 saturated heterocycles. The van der Waals surface area contributed by atoms with Gasteiger partial charge in [0.15, 0.2) is 0 Å². The lowest BCUT2D eigenvalue weighted by Gasteiger charge is -2.11. The molecule has 0 spiro atoms. The van der Waals surface area contributed by atoms with Crippen LogP contribution in [0.15, 0.2) is 41.3 Å². The normalized spacial score (nSPS) is 11.7. The molecular formula is C16H18FN5O. The minimum Gasteiger partial charge on any atom is -0.408 e. The van der Waals surface area contributed by atoms with E-state index in [4.69, 9.17) is 4.42 Å². The number of halogens is 1. The Morgan fingerprint density at radius 1 is 1.26 bits per heavy atom. The lowest BCUT2D eigenvalue weighted by Crippen LogP contribution is -2.11. The third-order valence-electron chi connectivity index (χ3n) is 3.30. The number of hydrogen-bond acceptors (Lipinski definition) is 5. The van der Waals surface area contributed by atoms with Gasteiger partial charge >= 0.3 is 6.01 Å². The summed E-state index contributed by atoms with van der Waals surface area (Å²) in [6.07, 6.45) is 4.86. The maximum Gasteiger partial charge on any atom is 0.315 e. The number of hydrogen-bond donors (Lipinski definition) is 1. The zero-order valence-corrected chi connectivity index (χ0v) is 13.2. The fraction of sp³-hybridized carbons (Fsp3) is 0.312. The Balaban J connectivity index is 1.69. The molecule has 0 bridgehead atoms. The van der Waals surface area contributed by atoms with Gasteiger partial charge in [-0.25, -0.2) is 9.37 Å². The zero-order valence-electron chi connectivity index (χ0n) is 13.2. The molecule has 0 aliphatic heterocycles. The van der Waals surface area contributed by atoms with Crippen molar-refractivity contribution in [2.75, 3.05) is 5.32 Å². The summed E-state index contributed by atoms with van der Waals surface area (Å²) in [5.41, 5.74) is 1.03. The second kappa shape index (κ2) is 5.83. The van der Waals surface area contributed by atoms with Crippen LogP contribution in [0.3, 0.4) is 0 Å². The first-order valence-corrected chi connectivity index (χ1v) is 7.28. The van der Waals surface area contributed by atoms with E-state index in [2.05, 4.69) is 20.5 Å². The Kier molecular flexibility index (Phi) is 3.85. The molecule has 0 atom stereocenters. The summed E-state index contributed by atoms with van der Waals surface area (Å²) in [6.45, 7) is 6.38. The number of aromatic nitrogens is 4. The fourth-order valence-corrected chi connectivity index (χ4v) is 2.05. The van der Waals surface area contributed by atoms with Crippen molar-refractivity contribution in [1.82, 2.24) is 19.7 Å². The van der Waals surface area contributed by atoms with E-state index < -0.39 is 0 Å². The van der Waals surface area contributed by atoms with Gasteiger partial charge in [0.1, 0.15) is 5.82 Å². The molecule has 0 radical (unpaired) electrons. The van der Waals surface area contributed by atoms with Crippen molar-refractivity contribution < 1.29 is 8.81 Å². The number of nitrogens with zero attached hydrogens (tertiary/aromatic N) is 4. The Labute approximate surface area is 133 Å². The molecule has 23 heavy (non-hydrogen) atoms. The van der Waals surface area contributed by atoms with E-state index >= 15 is 0 Å². The van der Waals surface area contributed by atoms with Crippen molar-refractivity contribution >= 4 is 6.01 Å². The largest absolute Gasteiger partial charge is 0.408 e. The van der Waals surface area contributed by atoms with Crippen LogP contribution in [0.2, 0.25) is 0 Å². The molecule has 0 amide bonds. The van der Waals surface area contributed by atoms with Crippen LogP contribution in [-0.4, -0.2) is 19.7 Å². The summed E-state index contributed by atoms with van der Waals surface area (Å²) in [4.78, 5) is 3.92. The highest BCUT2D eigenvalue weighted by Gasteiger charge is 2.21. The molecule has 0 aliphatic rings. The van der Waals surface area contributed by atoms with Crippen LogP contribution in [0, 0.1) is 5.82 Å². The monoisotopic (exact) mass is 315 g/mol. The average Bonchev–Trinajstić information content (AvgIpc) is 3.16.